The van der Waals surface area contributed by atoms with Crippen molar-refractivity contribution in [3.8, 4) is 0 Å². The van der Waals surface area contributed by atoms with Crippen molar-refractivity contribution in [2.24, 2.45) is 5.92 Å². The van der Waals surface area contributed by atoms with E-state index in [9.17, 15) is 9.59 Å². The van der Waals surface area contributed by atoms with Gasteiger partial charge in [-0.25, -0.2) is 4.79 Å². The van der Waals surface area contributed by atoms with E-state index >= 15 is 0 Å². The maximum absolute atomic E-state index is 11.6. The lowest BCUT2D eigenvalue weighted by Crippen LogP contribution is -2.45. The Bertz CT molecular complexity index is 465. The predicted octanol–water partition coefficient (Wildman–Crippen LogP) is 2.36. The molecule has 2 amide bonds. The molecule has 0 aliphatic rings. The fourth-order valence-corrected chi connectivity index (χ4v) is 1.84. The summed E-state index contributed by atoms with van der Waals surface area (Å²) in [6.45, 7) is 3.60. The number of hydrogen-bond acceptors (Lipinski definition) is 2. The van der Waals surface area contributed by atoms with Crippen LogP contribution >= 0.6 is 15.9 Å². The Balaban J connectivity index is 2.44. The molecule has 2 atom stereocenters. The average molecular weight is 329 g/mol. The van der Waals surface area contributed by atoms with Crippen LogP contribution in [0.5, 0.6) is 0 Å². The first-order chi connectivity index (χ1) is 8.91. The van der Waals surface area contributed by atoms with E-state index in [0.29, 0.717) is 6.54 Å². The molecule has 1 aromatic carbocycles. The molecule has 0 aromatic heterocycles. The predicted molar refractivity (Wildman–Crippen MR) is 75.8 cm³/mol. The molecular weight excluding hydrogens is 312 g/mol. The lowest BCUT2D eigenvalue weighted by Gasteiger charge is -2.18. The molecule has 6 heteroatoms. The van der Waals surface area contributed by atoms with Gasteiger partial charge in [-0.2, -0.15) is 0 Å². The van der Waals surface area contributed by atoms with Gasteiger partial charge >= 0.3 is 12.0 Å². The van der Waals surface area contributed by atoms with Gasteiger partial charge in [-0.3, -0.25) is 4.79 Å². The van der Waals surface area contributed by atoms with Gasteiger partial charge in [0.2, 0.25) is 0 Å². The van der Waals surface area contributed by atoms with Crippen LogP contribution < -0.4 is 10.6 Å². The molecule has 5 nitrogen and oxygen atoms in total. The minimum absolute atomic E-state index is 0.376. The molecule has 0 aliphatic carbocycles. The maximum atomic E-state index is 11.6. The summed E-state index contributed by atoms with van der Waals surface area (Å²) in [5.41, 5.74) is 0.955. The van der Waals surface area contributed by atoms with E-state index in [4.69, 9.17) is 5.11 Å². The number of carbonyl (C=O) groups excluding carboxylic acids is 1. The van der Waals surface area contributed by atoms with Gasteiger partial charge in [-0.15, -0.1) is 0 Å². The smallest absolute Gasteiger partial charge is 0.315 e. The molecule has 3 N–H and O–H groups in total. The fraction of sp³-hybridized carbons (Fsp3) is 0.385. The second kappa shape index (κ2) is 7.13. The lowest BCUT2D eigenvalue weighted by molar-refractivity contribution is -0.141. The zero-order chi connectivity index (χ0) is 14.4. The summed E-state index contributed by atoms with van der Waals surface area (Å²) < 4.78 is 0.919. The summed E-state index contributed by atoms with van der Waals surface area (Å²) in [5.74, 6) is -1.56. The van der Waals surface area contributed by atoms with Crippen molar-refractivity contribution in [2.45, 2.75) is 26.4 Å². The van der Waals surface area contributed by atoms with Crippen LogP contribution in [0.15, 0.2) is 28.7 Å². The summed E-state index contributed by atoms with van der Waals surface area (Å²) in [7, 11) is 0. The van der Waals surface area contributed by atoms with Crippen LogP contribution in [0.3, 0.4) is 0 Å². The number of urea groups is 1. The summed E-state index contributed by atoms with van der Waals surface area (Å²) >= 11 is 3.39. The van der Waals surface area contributed by atoms with Crippen LogP contribution in [0.2, 0.25) is 0 Å². The zero-order valence-corrected chi connectivity index (χ0v) is 12.4. The molecule has 0 saturated heterocycles. The quantitative estimate of drug-likeness (QED) is 0.776. The SMILES string of the molecule is CC(NC(=O)NCc1ccccc1Br)C(C)C(=O)O. The molecule has 2 unspecified atom stereocenters. The molecule has 1 aromatic rings. The molecule has 19 heavy (non-hydrogen) atoms. The number of carbonyl (C=O) groups is 2. The molecule has 0 aliphatic heterocycles. The van der Waals surface area contributed by atoms with Gasteiger partial charge in [0, 0.05) is 17.1 Å². The van der Waals surface area contributed by atoms with Crippen LogP contribution in [-0.2, 0) is 11.3 Å². The number of hydrogen-bond donors (Lipinski definition) is 3. The van der Waals surface area contributed by atoms with E-state index in [1.165, 1.54) is 0 Å². The second-order valence-electron chi connectivity index (χ2n) is 4.33. The van der Waals surface area contributed by atoms with Crippen LogP contribution in [0, 0.1) is 5.92 Å². The van der Waals surface area contributed by atoms with Gasteiger partial charge in [-0.05, 0) is 25.5 Å². The Morgan fingerprint density at radius 2 is 1.95 bits per heavy atom. The lowest BCUT2D eigenvalue weighted by atomic mass is 10.0. The standard InChI is InChI=1S/C13H17BrN2O3/c1-8(12(17)18)9(2)16-13(19)15-7-10-5-3-4-6-11(10)14/h3-6,8-9H,7H2,1-2H3,(H,17,18)(H2,15,16,19). The topological polar surface area (TPSA) is 78.4 Å². The van der Waals surface area contributed by atoms with Crippen LogP contribution in [0.1, 0.15) is 19.4 Å². The highest BCUT2D eigenvalue weighted by molar-refractivity contribution is 9.10. The number of nitrogens with one attached hydrogen (secondary N) is 2. The van der Waals surface area contributed by atoms with Gasteiger partial charge in [-0.1, -0.05) is 34.1 Å². The summed E-state index contributed by atoms with van der Waals surface area (Å²) in [4.78, 5) is 22.4. The number of carboxylic acids is 1. The van der Waals surface area contributed by atoms with Crippen molar-refractivity contribution in [2.75, 3.05) is 0 Å². The molecule has 1 rings (SSSR count). The van der Waals surface area contributed by atoms with Crippen LogP contribution in [0.4, 0.5) is 4.79 Å². The van der Waals surface area contributed by atoms with Crippen molar-refractivity contribution in [3.05, 3.63) is 34.3 Å². The summed E-state index contributed by atoms with van der Waals surface area (Å²) in [6, 6.07) is 6.75. The molecule has 0 fully saturated rings. The molecule has 0 radical (unpaired) electrons. The third-order valence-corrected chi connectivity index (χ3v) is 3.67. The molecule has 104 valence electrons. The van der Waals surface area contributed by atoms with Crippen LogP contribution in [-0.4, -0.2) is 23.1 Å². The van der Waals surface area contributed by atoms with Crippen LogP contribution in [0.25, 0.3) is 0 Å². The first kappa shape index (κ1) is 15.5. The van der Waals surface area contributed by atoms with Crippen molar-refractivity contribution in [1.82, 2.24) is 10.6 Å². The van der Waals surface area contributed by atoms with E-state index < -0.39 is 17.9 Å². The van der Waals surface area contributed by atoms with Crippen molar-refractivity contribution in [3.63, 3.8) is 0 Å². The Hall–Kier alpha value is -1.56. The van der Waals surface area contributed by atoms with Gasteiger partial charge in [0.05, 0.1) is 5.92 Å². The molecular formula is C13H17BrN2O3. The summed E-state index contributed by atoms with van der Waals surface area (Å²) in [6.07, 6.45) is 0. The van der Waals surface area contributed by atoms with Crippen molar-refractivity contribution < 1.29 is 14.7 Å². The molecule has 0 bridgehead atoms. The number of benzene rings is 1. The van der Waals surface area contributed by atoms with Gasteiger partial charge in [0.1, 0.15) is 0 Å². The fourth-order valence-electron chi connectivity index (χ4n) is 1.41. The Kier molecular flexibility index (Phi) is 5.82. The van der Waals surface area contributed by atoms with Gasteiger partial charge < -0.3 is 15.7 Å². The van der Waals surface area contributed by atoms with Crippen molar-refractivity contribution >= 4 is 27.9 Å². The first-order valence-electron chi connectivity index (χ1n) is 5.92. The molecule has 0 saturated carbocycles. The molecule has 0 heterocycles. The number of carboxylic acid groups (broad SMARTS) is 1. The number of aliphatic carboxylic acids is 1. The minimum Gasteiger partial charge on any atom is -0.481 e. The zero-order valence-electron chi connectivity index (χ0n) is 10.8. The number of rotatable bonds is 5. The number of halogens is 1. The van der Waals surface area contributed by atoms with E-state index in [1.807, 2.05) is 24.3 Å². The normalized spacial score (nSPS) is 13.4. The highest BCUT2D eigenvalue weighted by atomic mass is 79.9. The monoisotopic (exact) mass is 328 g/mol. The first-order valence-corrected chi connectivity index (χ1v) is 6.71. The third-order valence-electron chi connectivity index (χ3n) is 2.90. The van der Waals surface area contributed by atoms with Gasteiger partial charge in [0.25, 0.3) is 0 Å². The Morgan fingerprint density at radius 1 is 1.32 bits per heavy atom. The van der Waals surface area contributed by atoms with E-state index in [-0.39, 0.29) is 6.03 Å². The van der Waals surface area contributed by atoms with E-state index in [0.717, 1.165) is 10.0 Å². The van der Waals surface area contributed by atoms with E-state index in [1.54, 1.807) is 13.8 Å². The largest absolute Gasteiger partial charge is 0.481 e. The highest BCUT2D eigenvalue weighted by Gasteiger charge is 2.20. The summed E-state index contributed by atoms with van der Waals surface area (Å²) in [5, 5.41) is 14.1. The Morgan fingerprint density at radius 3 is 2.53 bits per heavy atom. The Labute approximate surface area is 120 Å². The number of amides is 2. The third kappa shape index (κ3) is 4.90. The average Bonchev–Trinajstić information content (AvgIpc) is 2.36. The highest BCUT2D eigenvalue weighted by Crippen LogP contribution is 2.15. The minimum atomic E-state index is -0.932. The maximum Gasteiger partial charge on any atom is 0.315 e. The van der Waals surface area contributed by atoms with Crippen molar-refractivity contribution in [1.29, 1.82) is 0 Å². The second-order valence-corrected chi connectivity index (χ2v) is 5.19. The van der Waals surface area contributed by atoms with E-state index in [2.05, 4.69) is 26.6 Å². The molecule has 0 spiro atoms. The van der Waals surface area contributed by atoms with Gasteiger partial charge in [0.15, 0.2) is 0 Å².